The molecule has 2 aliphatic heterocycles. The number of ether oxygens (including phenoxy) is 2. The Morgan fingerprint density at radius 1 is 0.973 bits per heavy atom. The molecule has 7 heteroatoms. The fourth-order valence-corrected chi connectivity index (χ4v) is 6.95. The molecule has 198 valence electrons. The summed E-state index contributed by atoms with van der Waals surface area (Å²) in [5.74, 6) is 2.73. The van der Waals surface area contributed by atoms with E-state index in [1.807, 2.05) is 24.3 Å². The summed E-state index contributed by atoms with van der Waals surface area (Å²) in [5.41, 5.74) is 3.84. The van der Waals surface area contributed by atoms with Gasteiger partial charge in [-0.1, -0.05) is 41.4 Å². The first-order chi connectivity index (χ1) is 18.1. The summed E-state index contributed by atoms with van der Waals surface area (Å²) >= 11 is 14.4. The van der Waals surface area contributed by atoms with Gasteiger partial charge in [0.1, 0.15) is 5.75 Å². The summed E-state index contributed by atoms with van der Waals surface area (Å²) in [6.07, 6.45) is 2.42. The van der Waals surface area contributed by atoms with Gasteiger partial charge in [-0.05, 0) is 95.5 Å². The molecule has 0 spiro atoms. The van der Waals surface area contributed by atoms with Gasteiger partial charge in [0.2, 0.25) is 0 Å². The molecule has 0 amide bonds. The minimum Gasteiger partial charge on any atom is -0.497 e. The van der Waals surface area contributed by atoms with Crippen LogP contribution in [-0.2, 0) is 17.9 Å². The lowest BCUT2D eigenvalue weighted by Gasteiger charge is -2.34. The second-order valence-corrected chi connectivity index (χ2v) is 12.1. The van der Waals surface area contributed by atoms with Gasteiger partial charge in [0.25, 0.3) is 0 Å². The standard InChI is InChI=1S/C30H36Cl2N2O2S/c1-35-28-6-2-22(3-7-28)19-36-20-23-8-11-33(12-9-23)16-26-17-34(18-29(26)25-10-13-37-21-25)15-24-4-5-27(31)14-30(24)32/h2-7,10,13-14,21,23,26,29H,8-9,11-12,15-20H2,1H3/t26-,29+/m0/s1. The largest absolute Gasteiger partial charge is 0.497 e. The quantitative estimate of drug-likeness (QED) is 0.262. The van der Waals surface area contributed by atoms with Crippen LogP contribution in [0.25, 0.3) is 0 Å². The molecule has 1 aromatic heterocycles. The van der Waals surface area contributed by atoms with Crippen LogP contribution in [0.5, 0.6) is 5.75 Å². The molecule has 0 aliphatic carbocycles. The van der Waals surface area contributed by atoms with E-state index in [1.165, 1.54) is 24.0 Å². The number of halogens is 2. The Hall–Kier alpha value is -1.60. The van der Waals surface area contributed by atoms with Gasteiger partial charge in [-0.2, -0.15) is 11.3 Å². The minimum atomic E-state index is 0.572. The summed E-state index contributed by atoms with van der Waals surface area (Å²) in [4.78, 5) is 5.25. The molecule has 5 rings (SSSR count). The van der Waals surface area contributed by atoms with E-state index in [2.05, 4.69) is 44.8 Å². The molecule has 0 radical (unpaired) electrons. The van der Waals surface area contributed by atoms with Crippen molar-refractivity contribution < 1.29 is 9.47 Å². The first-order valence-electron chi connectivity index (χ1n) is 13.2. The van der Waals surface area contributed by atoms with Crippen LogP contribution in [0.15, 0.2) is 59.3 Å². The van der Waals surface area contributed by atoms with Crippen LogP contribution in [0.3, 0.4) is 0 Å². The number of benzene rings is 2. The zero-order valence-electron chi connectivity index (χ0n) is 21.5. The lowest BCUT2D eigenvalue weighted by Crippen LogP contribution is -2.39. The fraction of sp³-hybridized carbons (Fsp3) is 0.467. The van der Waals surface area contributed by atoms with E-state index in [-0.39, 0.29) is 0 Å². The van der Waals surface area contributed by atoms with Crippen LogP contribution in [-0.4, -0.2) is 56.2 Å². The zero-order chi connectivity index (χ0) is 25.6. The Morgan fingerprint density at radius 3 is 2.49 bits per heavy atom. The third kappa shape index (κ3) is 7.29. The molecule has 4 nitrogen and oxygen atoms in total. The molecule has 37 heavy (non-hydrogen) atoms. The Bertz CT molecular complexity index is 1120. The normalized spacial score (nSPS) is 21.5. The fourth-order valence-electron chi connectivity index (χ4n) is 5.76. The first-order valence-corrected chi connectivity index (χ1v) is 14.9. The molecule has 3 aromatic rings. The highest BCUT2D eigenvalue weighted by Gasteiger charge is 2.36. The zero-order valence-corrected chi connectivity index (χ0v) is 23.8. The van der Waals surface area contributed by atoms with Crippen molar-refractivity contribution in [2.45, 2.75) is 31.9 Å². The monoisotopic (exact) mass is 558 g/mol. The van der Waals surface area contributed by atoms with Gasteiger partial charge in [0, 0.05) is 48.7 Å². The number of methoxy groups -OCH3 is 1. The number of likely N-dealkylation sites (tertiary alicyclic amines) is 2. The van der Waals surface area contributed by atoms with Gasteiger partial charge in [-0.25, -0.2) is 0 Å². The average Bonchev–Trinajstić information content (AvgIpc) is 3.57. The molecule has 2 saturated heterocycles. The molecular weight excluding hydrogens is 523 g/mol. The highest BCUT2D eigenvalue weighted by Crippen LogP contribution is 2.36. The highest BCUT2D eigenvalue weighted by molar-refractivity contribution is 7.08. The van der Waals surface area contributed by atoms with Crippen molar-refractivity contribution in [3.63, 3.8) is 0 Å². The number of thiophene rings is 1. The molecule has 0 N–H and O–H groups in total. The van der Waals surface area contributed by atoms with Crippen molar-refractivity contribution in [1.29, 1.82) is 0 Å². The van der Waals surface area contributed by atoms with Gasteiger partial charge in [0.15, 0.2) is 0 Å². The molecule has 0 saturated carbocycles. The second kappa shape index (κ2) is 13.0. The van der Waals surface area contributed by atoms with E-state index in [0.717, 1.165) is 62.2 Å². The van der Waals surface area contributed by atoms with Crippen LogP contribution in [0.2, 0.25) is 10.0 Å². The molecule has 3 heterocycles. The van der Waals surface area contributed by atoms with Crippen molar-refractivity contribution in [3.05, 3.63) is 86.0 Å². The minimum absolute atomic E-state index is 0.572. The van der Waals surface area contributed by atoms with Crippen molar-refractivity contribution in [2.75, 3.05) is 46.4 Å². The molecule has 2 aliphatic rings. The maximum atomic E-state index is 6.50. The Labute approximate surface area is 235 Å². The number of hydrogen-bond acceptors (Lipinski definition) is 5. The third-order valence-corrected chi connectivity index (χ3v) is 9.17. The summed E-state index contributed by atoms with van der Waals surface area (Å²) in [6, 6.07) is 16.3. The second-order valence-electron chi connectivity index (χ2n) is 10.5. The molecule has 2 atom stereocenters. The maximum absolute atomic E-state index is 6.50. The third-order valence-electron chi connectivity index (χ3n) is 7.88. The lowest BCUT2D eigenvalue weighted by molar-refractivity contribution is 0.0542. The molecule has 2 fully saturated rings. The van der Waals surface area contributed by atoms with Crippen LogP contribution in [0, 0.1) is 11.8 Å². The SMILES string of the molecule is COc1ccc(COCC2CCN(C[C@H]3CN(Cc4ccc(Cl)cc4Cl)C[C@@H]3c3ccsc3)CC2)cc1. The summed E-state index contributed by atoms with van der Waals surface area (Å²) < 4.78 is 11.3. The van der Waals surface area contributed by atoms with Crippen molar-refractivity contribution >= 4 is 34.5 Å². The number of rotatable bonds is 10. The Kier molecular flexibility index (Phi) is 9.46. The predicted octanol–water partition coefficient (Wildman–Crippen LogP) is 7.21. The number of nitrogens with zero attached hydrogens (tertiary/aromatic N) is 2. The van der Waals surface area contributed by atoms with E-state index in [1.54, 1.807) is 18.4 Å². The first kappa shape index (κ1) is 27.0. The predicted molar refractivity (Wildman–Crippen MR) is 154 cm³/mol. The summed E-state index contributed by atoms with van der Waals surface area (Å²) in [6.45, 7) is 8.04. The maximum Gasteiger partial charge on any atom is 0.118 e. The molecule has 0 bridgehead atoms. The Morgan fingerprint density at radius 2 is 1.78 bits per heavy atom. The van der Waals surface area contributed by atoms with E-state index < -0.39 is 0 Å². The summed E-state index contributed by atoms with van der Waals surface area (Å²) in [7, 11) is 1.69. The van der Waals surface area contributed by atoms with Crippen molar-refractivity contribution in [1.82, 2.24) is 9.80 Å². The van der Waals surface area contributed by atoms with E-state index in [9.17, 15) is 0 Å². The van der Waals surface area contributed by atoms with Crippen LogP contribution in [0.4, 0.5) is 0 Å². The van der Waals surface area contributed by atoms with E-state index >= 15 is 0 Å². The van der Waals surface area contributed by atoms with Crippen LogP contribution in [0.1, 0.15) is 35.4 Å². The van der Waals surface area contributed by atoms with Gasteiger partial charge >= 0.3 is 0 Å². The number of piperidine rings is 1. The molecular formula is C30H36Cl2N2O2S. The molecule has 2 aromatic carbocycles. The van der Waals surface area contributed by atoms with Crippen LogP contribution < -0.4 is 4.74 Å². The van der Waals surface area contributed by atoms with Crippen molar-refractivity contribution in [2.24, 2.45) is 11.8 Å². The Balaban J connectivity index is 1.11. The summed E-state index contributed by atoms with van der Waals surface area (Å²) in [5, 5.41) is 6.00. The van der Waals surface area contributed by atoms with Gasteiger partial charge in [0.05, 0.1) is 13.7 Å². The highest BCUT2D eigenvalue weighted by atomic mass is 35.5. The topological polar surface area (TPSA) is 24.9 Å². The van der Waals surface area contributed by atoms with Crippen molar-refractivity contribution in [3.8, 4) is 5.75 Å². The lowest BCUT2D eigenvalue weighted by atomic mass is 9.89. The van der Waals surface area contributed by atoms with E-state index in [4.69, 9.17) is 32.7 Å². The van der Waals surface area contributed by atoms with Gasteiger partial charge < -0.3 is 14.4 Å². The number of hydrogen-bond donors (Lipinski definition) is 0. The average molecular weight is 560 g/mol. The van der Waals surface area contributed by atoms with Gasteiger partial charge in [-0.15, -0.1) is 0 Å². The molecule has 0 unspecified atom stereocenters. The van der Waals surface area contributed by atoms with Crippen LogP contribution >= 0.6 is 34.5 Å². The van der Waals surface area contributed by atoms with E-state index in [0.29, 0.717) is 29.4 Å². The smallest absolute Gasteiger partial charge is 0.118 e. The van der Waals surface area contributed by atoms with Gasteiger partial charge in [-0.3, -0.25) is 4.90 Å².